The van der Waals surface area contributed by atoms with Gasteiger partial charge in [-0.1, -0.05) is 6.07 Å². The van der Waals surface area contributed by atoms with Crippen molar-refractivity contribution >= 4 is 44.7 Å². The molecular formula is C14H16N4S2. The van der Waals surface area contributed by atoms with Crippen LogP contribution in [-0.2, 0) is 6.42 Å². The number of thiophene rings is 2. The SMILES string of the molecule is Cc1cc2c(N(C)CCc3cccs3)nc(N)nc2s1. The number of hydrogen-bond donors (Lipinski definition) is 1. The summed E-state index contributed by atoms with van der Waals surface area (Å²) in [7, 11) is 2.06. The van der Waals surface area contributed by atoms with Gasteiger partial charge in [0.15, 0.2) is 0 Å². The first-order chi connectivity index (χ1) is 9.63. The third kappa shape index (κ3) is 2.62. The molecule has 0 atom stereocenters. The molecule has 104 valence electrons. The molecule has 0 spiro atoms. The van der Waals surface area contributed by atoms with Crippen molar-refractivity contribution in [3.63, 3.8) is 0 Å². The maximum atomic E-state index is 5.82. The lowest BCUT2D eigenvalue weighted by atomic mass is 10.3. The highest BCUT2D eigenvalue weighted by atomic mass is 32.1. The summed E-state index contributed by atoms with van der Waals surface area (Å²) in [5, 5.41) is 3.20. The number of aryl methyl sites for hydroxylation is 1. The lowest BCUT2D eigenvalue weighted by Crippen LogP contribution is -2.22. The number of nitrogens with zero attached hydrogens (tertiary/aromatic N) is 3. The molecule has 0 aromatic carbocycles. The van der Waals surface area contributed by atoms with Crippen LogP contribution in [0.2, 0.25) is 0 Å². The molecule has 2 N–H and O–H groups in total. The van der Waals surface area contributed by atoms with Crippen molar-refractivity contribution in [3.8, 4) is 0 Å². The van der Waals surface area contributed by atoms with E-state index in [-0.39, 0.29) is 0 Å². The summed E-state index contributed by atoms with van der Waals surface area (Å²) in [5.41, 5.74) is 5.82. The van der Waals surface area contributed by atoms with Gasteiger partial charge >= 0.3 is 0 Å². The largest absolute Gasteiger partial charge is 0.368 e. The molecular weight excluding hydrogens is 288 g/mol. The molecule has 3 aromatic heterocycles. The molecule has 3 heterocycles. The molecule has 3 aromatic rings. The van der Waals surface area contributed by atoms with Crippen LogP contribution in [-0.4, -0.2) is 23.6 Å². The maximum Gasteiger partial charge on any atom is 0.223 e. The molecule has 0 aliphatic rings. The molecule has 0 unspecified atom stereocenters. The van der Waals surface area contributed by atoms with Crippen LogP contribution < -0.4 is 10.6 Å². The van der Waals surface area contributed by atoms with Gasteiger partial charge in [-0.15, -0.1) is 22.7 Å². The van der Waals surface area contributed by atoms with Crippen molar-refractivity contribution in [2.45, 2.75) is 13.3 Å². The first-order valence-electron chi connectivity index (χ1n) is 6.40. The Morgan fingerprint density at radius 1 is 1.35 bits per heavy atom. The van der Waals surface area contributed by atoms with E-state index in [0.29, 0.717) is 5.95 Å². The number of aromatic nitrogens is 2. The van der Waals surface area contributed by atoms with Gasteiger partial charge in [-0.2, -0.15) is 4.98 Å². The van der Waals surface area contributed by atoms with E-state index in [9.17, 15) is 0 Å². The summed E-state index contributed by atoms with van der Waals surface area (Å²) >= 11 is 3.45. The van der Waals surface area contributed by atoms with Crippen LogP contribution in [0, 0.1) is 6.92 Å². The van der Waals surface area contributed by atoms with E-state index in [4.69, 9.17) is 5.73 Å². The van der Waals surface area contributed by atoms with Crippen LogP contribution in [0.25, 0.3) is 10.2 Å². The Hall–Kier alpha value is -1.66. The number of hydrogen-bond acceptors (Lipinski definition) is 6. The summed E-state index contributed by atoms with van der Waals surface area (Å²) in [4.78, 5) is 14.5. The second-order valence-corrected chi connectivity index (χ2v) is 7.00. The van der Waals surface area contributed by atoms with E-state index in [0.717, 1.165) is 29.0 Å². The molecule has 3 rings (SSSR count). The summed E-state index contributed by atoms with van der Waals surface area (Å²) < 4.78 is 0. The van der Waals surface area contributed by atoms with Gasteiger partial charge in [0.25, 0.3) is 0 Å². The predicted molar refractivity (Wildman–Crippen MR) is 87.9 cm³/mol. The fraction of sp³-hybridized carbons (Fsp3) is 0.286. The molecule has 0 bridgehead atoms. The molecule has 20 heavy (non-hydrogen) atoms. The minimum absolute atomic E-state index is 0.345. The quantitative estimate of drug-likeness (QED) is 0.803. The van der Waals surface area contributed by atoms with Crippen LogP contribution in [0.5, 0.6) is 0 Å². The van der Waals surface area contributed by atoms with Gasteiger partial charge < -0.3 is 10.6 Å². The monoisotopic (exact) mass is 304 g/mol. The Morgan fingerprint density at radius 3 is 2.95 bits per heavy atom. The van der Waals surface area contributed by atoms with Gasteiger partial charge in [-0.3, -0.25) is 0 Å². The Bertz CT molecular complexity index is 718. The molecule has 0 aliphatic heterocycles. The van der Waals surface area contributed by atoms with Crippen molar-refractivity contribution in [1.82, 2.24) is 9.97 Å². The van der Waals surface area contributed by atoms with E-state index in [1.807, 2.05) is 0 Å². The third-order valence-electron chi connectivity index (χ3n) is 3.15. The van der Waals surface area contributed by atoms with Crippen molar-refractivity contribution < 1.29 is 0 Å². The average molecular weight is 304 g/mol. The molecule has 0 radical (unpaired) electrons. The van der Waals surface area contributed by atoms with Crippen LogP contribution in [0.15, 0.2) is 23.6 Å². The molecule has 4 nitrogen and oxygen atoms in total. The number of nitrogen functional groups attached to an aromatic ring is 1. The molecule has 0 saturated heterocycles. The van der Waals surface area contributed by atoms with Crippen molar-refractivity contribution in [2.24, 2.45) is 0 Å². The van der Waals surface area contributed by atoms with Gasteiger partial charge in [0, 0.05) is 23.3 Å². The molecule has 0 saturated carbocycles. The van der Waals surface area contributed by atoms with Crippen LogP contribution in [0.4, 0.5) is 11.8 Å². The highest BCUT2D eigenvalue weighted by Gasteiger charge is 2.13. The zero-order valence-corrected chi connectivity index (χ0v) is 13.1. The molecule has 0 fully saturated rings. The normalized spacial score (nSPS) is 11.1. The van der Waals surface area contributed by atoms with E-state index >= 15 is 0 Å². The van der Waals surface area contributed by atoms with Gasteiger partial charge in [0.1, 0.15) is 10.6 Å². The van der Waals surface area contributed by atoms with E-state index in [1.165, 1.54) is 9.75 Å². The van der Waals surface area contributed by atoms with Crippen molar-refractivity contribution in [2.75, 3.05) is 24.2 Å². The fourth-order valence-electron chi connectivity index (χ4n) is 2.17. The molecule has 0 amide bonds. The van der Waals surface area contributed by atoms with Crippen molar-refractivity contribution in [3.05, 3.63) is 33.3 Å². The number of rotatable bonds is 4. The van der Waals surface area contributed by atoms with Crippen molar-refractivity contribution in [1.29, 1.82) is 0 Å². The number of fused-ring (bicyclic) bond motifs is 1. The summed E-state index contributed by atoms with van der Waals surface area (Å²) in [6, 6.07) is 6.39. The third-order valence-corrected chi connectivity index (χ3v) is 5.03. The molecule has 0 aliphatic carbocycles. The van der Waals surface area contributed by atoms with Crippen LogP contribution in [0.3, 0.4) is 0 Å². The first kappa shape index (κ1) is 13.3. The zero-order valence-electron chi connectivity index (χ0n) is 11.5. The van der Waals surface area contributed by atoms with E-state index in [1.54, 1.807) is 22.7 Å². The van der Waals surface area contributed by atoms with E-state index < -0.39 is 0 Å². The average Bonchev–Trinajstić information content (AvgIpc) is 3.03. The maximum absolute atomic E-state index is 5.82. The van der Waals surface area contributed by atoms with Gasteiger partial charge in [-0.25, -0.2) is 4.98 Å². The lowest BCUT2D eigenvalue weighted by Gasteiger charge is -2.18. The highest BCUT2D eigenvalue weighted by Crippen LogP contribution is 2.30. The predicted octanol–water partition coefficient (Wildman–Crippen LogP) is 3.32. The Kier molecular flexibility index (Phi) is 3.58. The van der Waals surface area contributed by atoms with Crippen LogP contribution >= 0.6 is 22.7 Å². The van der Waals surface area contributed by atoms with Gasteiger partial charge in [-0.05, 0) is 30.9 Å². The zero-order chi connectivity index (χ0) is 14.1. The number of likely N-dealkylation sites (N-methyl/N-ethyl adjacent to an activating group) is 1. The molecule has 6 heteroatoms. The second kappa shape index (κ2) is 5.38. The standard InChI is InChI=1S/C14H16N4S2/c1-9-8-11-12(16-14(15)17-13(11)20-9)18(2)6-5-10-4-3-7-19-10/h3-4,7-8H,5-6H2,1-2H3,(H2,15,16,17). The Labute approximate surface area is 125 Å². The first-order valence-corrected chi connectivity index (χ1v) is 8.10. The fourth-order valence-corrected chi connectivity index (χ4v) is 3.75. The van der Waals surface area contributed by atoms with Crippen LogP contribution in [0.1, 0.15) is 9.75 Å². The number of nitrogens with two attached hydrogens (primary N) is 1. The summed E-state index contributed by atoms with van der Waals surface area (Å²) in [6.45, 7) is 3.00. The lowest BCUT2D eigenvalue weighted by molar-refractivity contribution is 0.873. The second-order valence-electron chi connectivity index (χ2n) is 4.73. The number of anilines is 2. The van der Waals surface area contributed by atoms with Gasteiger partial charge in [0.05, 0.1) is 5.39 Å². The van der Waals surface area contributed by atoms with Gasteiger partial charge in [0.2, 0.25) is 5.95 Å². The van der Waals surface area contributed by atoms with E-state index in [2.05, 4.69) is 52.4 Å². The smallest absolute Gasteiger partial charge is 0.223 e. The Morgan fingerprint density at radius 2 is 2.20 bits per heavy atom. The minimum Gasteiger partial charge on any atom is -0.368 e. The Balaban J connectivity index is 1.88. The highest BCUT2D eigenvalue weighted by molar-refractivity contribution is 7.18. The summed E-state index contributed by atoms with van der Waals surface area (Å²) in [6.07, 6.45) is 1.02. The summed E-state index contributed by atoms with van der Waals surface area (Å²) in [5.74, 6) is 1.27. The minimum atomic E-state index is 0.345. The topological polar surface area (TPSA) is 55.0 Å².